The number of thioether (sulfide) groups is 1. The van der Waals surface area contributed by atoms with Gasteiger partial charge in [0.05, 0.1) is 30.9 Å². The second kappa shape index (κ2) is 8.34. The summed E-state index contributed by atoms with van der Waals surface area (Å²) in [7, 11) is 1.63. The van der Waals surface area contributed by atoms with Gasteiger partial charge in [0.25, 0.3) is 5.56 Å². The van der Waals surface area contributed by atoms with Crippen LogP contribution in [0.3, 0.4) is 0 Å². The van der Waals surface area contributed by atoms with E-state index in [1.807, 2.05) is 30.3 Å². The van der Waals surface area contributed by atoms with Crippen molar-refractivity contribution < 1.29 is 9.47 Å². The summed E-state index contributed by atoms with van der Waals surface area (Å²) in [5, 5.41) is 1.41. The van der Waals surface area contributed by atoms with Crippen molar-refractivity contribution >= 4 is 33.3 Å². The molecule has 0 radical (unpaired) electrons. The molecule has 5 nitrogen and oxygen atoms in total. The minimum atomic E-state index is -0.0198. The normalized spacial score (nSPS) is 16.2. The number of aromatic nitrogens is 2. The summed E-state index contributed by atoms with van der Waals surface area (Å²) < 4.78 is 13.0. The average Bonchev–Trinajstić information content (AvgIpc) is 3.10. The minimum absolute atomic E-state index is 0.0198. The molecule has 7 heteroatoms. The van der Waals surface area contributed by atoms with Crippen molar-refractivity contribution in [3.8, 4) is 11.4 Å². The molecule has 0 spiro atoms. The summed E-state index contributed by atoms with van der Waals surface area (Å²) >= 11 is 3.09. The number of thiophene rings is 1. The van der Waals surface area contributed by atoms with Crippen LogP contribution >= 0.6 is 23.1 Å². The number of hydrogen-bond acceptors (Lipinski definition) is 6. The summed E-state index contributed by atoms with van der Waals surface area (Å²) in [6, 6.07) is 7.51. The quantitative estimate of drug-likeness (QED) is 0.320. The molecule has 29 heavy (non-hydrogen) atoms. The van der Waals surface area contributed by atoms with Crippen molar-refractivity contribution in [3.05, 3.63) is 57.7 Å². The van der Waals surface area contributed by atoms with E-state index < -0.39 is 0 Å². The Morgan fingerprint density at radius 2 is 2.17 bits per heavy atom. The number of hydrogen-bond donors (Lipinski definition) is 0. The van der Waals surface area contributed by atoms with Crippen molar-refractivity contribution in [2.24, 2.45) is 5.92 Å². The van der Waals surface area contributed by atoms with Crippen molar-refractivity contribution in [3.63, 3.8) is 0 Å². The minimum Gasteiger partial charge on any atom is -0.497 e. The zero-order valence-corrected chi connectivity index (χ0v) is 18.4. The highest BCUT2D eigenvalue weighted by Crippen LogP contribution is 2.36. The van der Waals surface area contributed by atoms with Crippen molar-refractivity contribution in [1.29, 1.82) is 0 Å². The predicted octanol–water partition coefficient (Wildman–Crippen LogP) is 4.83. The van der Waals surface area contributed by atoms with Gasteiger partial charge < -0.3 is 9.47 Å². The van der Waals surface area contributed by atoms with E-state index in [0.29, 0.717) is 23.4 Å². The van der Waals surface area contributed by atoms with Crippen LogP contribution in [0.25, 0.3) is 15.9 Å². The van der Waals surface area contributed by atoms with Gasteiger partial charge >= 0.3 is 0 Å². The van der Waals surface area contributed by atoms with Gasteiger partial charge in [-0.05, 0) is 35.7 Å². The molecule has 0 saturated carbocycles. The van der Waals surface area contributed by atoms with Gasteiger partial charge in [0.1, 0.15) is 10.6 Å². The van der Waals surface area contributed by atoms with E-state index in [9.17, 15) is 4.79 Å². The molecule has 0 fully saturated rings. The fraction of sp³-hybridized carbons (Fsp3) is 0.364. The molecule has 0 N–H and O–H groups in total. The van der Waals surface area contributed by atoms with E-state index >= 15 is 0 Å². The van der Waals surface area contributed by atoms with Crippen LogP contribution in [0.5, 0.6) is 5.75 Å². The maximum Gasteiger partial charge on any atom is 0.267 e. The van der Waals surface area contributed by atoms with E-state index in [2.05, 4.69) is 20.4 Å². The summed E-state index contributed by atoms with van der Waals surface area (Å²) in [5.74, 6) is 1.83. The van der Waals surface area contributed by atoms with Crippen LogP contribution in [-0.4, -0.2) is 28.5 Å². The van der Waals surface area contributed by atoms with Crippen molar-refractivity contribution in [2.75, 3.05) is 12.9 Å². The lowest BCUT2D eigenvalue weighted by atomic mass is 9.96. The molecule has 3 aromatic rings. The average molecular weight is 429 g/mol. The number of methoxy groups -OCH3 is 1. The molecule has 152 valence electrons. The summed E-state index contributed by atoms with van der Waals surface area (Å²) in [6.45, 7) is 8.66. The lowest BCUT2D eigenvalue weighted by molar-refractivity contribution is 0.00200. The summed E-state index contributed by atoms with van der Waals surface area (Å²) in [4.78, 5) is 20.5. The molecule has 0 bridgehead atoms. The second-order valence-corrected chi connectivity index (χ2v) is 9.38. The van der Waals surface area contributed by atoms with E-state index in [-0.39, 0.29) is 11.7 Å². The second-order valence-electron chi connectivity index (χ2n) is 7.31. The maximum absolute atomic E-state index is 13.7. The molecular formula is C22H24N2O3S2. The van der Waals surface area contributed by atoms with Gasteiger partial charge in [-0.3, -0.25) is 9.36 Å². The zero-order chi connectivity index (χ0) is 20.5. The number of nitrogens with zero attached hydrogens (tertiary/aromatic N) is 2. The first kappa shape index (κ1) is 20.2. The molecular weight excluding hydrogens is 404 g/mol. The standard InChI is InChI=1S/C22H24N2O3S2/c1-5-10-28-22-23-20-19(16-11-17(13(2)3)27-12-18(16)29-20)21(25)24(22)14-6-8-15(26-4)9-7-14/h5-9,13,17H,1,10-12H2,2-4H3. The molecule has 4 rings (SSSR count). The first-order chi connectivity index (χ1) is 14.0. The highest BCUT2D eigenvalue weighted by Gasteiger charge is 2.28. The van der Waals surface area contributed by atoms with Gasteiger partial charge in [-0.1, -0.05) is 31.7 Å². The number of benzene rings is 1. The molecule has 3 heterocycles. The van der Waals surface area contributed by atoms with Gasteiger partial charge in [0.2, 0.25) is 0 Å². The van der Waals surface area contributed by atoms with Gasteiger partial charge in [-0.15, -0.1) is 17.9 Å². The molecule has 0 amide bonds. The summed E-state index contributed by atoms with van der Waals surface area (Å²) in [5.41, 5.74) is 1.87. The van der Waals surface area contributed by atoms with Crippen LogP contribution in [-0.2, 0) is 17.8 Å². The Hall–Kier alpha value is -2.09. The molecule has 0 saturated heterocycles. The highest BCUT2D eigenvalue weighted by molar-refractivity contribution is 7.99. The monoisotopic (exact) mass is 428 g/mol. The summed E-state index contributed by atoms with van der Waals surface area (Å²) in [6.07, 6.45) is 2.70. The van der Waals surface area contributed by atoms with E-state index in [1.165, 1.54) is 11.8 Å². The largest absolute Gasteiger partial charge is 0.497 e. The number of ether oxygens (including phenoxy) is 2. The zero-order valence-electron chi connectivity index (χ0n) is 16.8. The number of rotatable bonds is 6. The van der Waals surface area contributed by atoms with E-state index in [1.54, 1.807) is 23.0 Å². The van der Waals surface area contributed by atoms with Crippen LogP contribution in [0.2, 0.25) is 0 Å². The lowest BCUT2D eigenvalue weighted by Crippen LogP contribution is -2.28. The van der Waals surface area contributed by atoms with E-state index in [4.69, 9.17) is 14.5 Å². The molecule has 1 unspecified atom stereocenters. The fourth-order valence-corrected chi connectivity index (χ4v) is 5.44. The van der Waals surface area contributed by atoms with E-state index in [0.717, 1.165) is 38.5 Å². The first-order valence-electron chi connectivity index (χ1n) is 9.60. The highest BCUT2D eigenvalue weighted by atomic mass is 32.2. The molecule has 1 aliphatic rings. The van der Waals surface area contributed by atoms with Crippen LogP contribution in [0.15, 0.2) is 46.9 Å². The Morgan fingerprint density at radius 1 is 1.41 bits per heavy atom. The van der Waals surface area contributed by atoms with Crippen molar-refractivity contribution in [2.45, 2.75) is 38.1 Å². The van der Waals surface area contributed by atoms with Gasteiger partial charge in [0.15, 0.2) is 5.16 Å². The predicted molar refractivity (Wildman–Crippen MR) is 120 cm³/mol. The third-order valence-corrected chi connectivity index (χ3v) is 7.15. The van der Waals surface area contributed by atoms with Crippen LogP contribution < -0.4 is 10.3 Å². The van der Waals surface area contributed by atoms with Gasteiger partial charge in [-0.25, -0.2) is 4.98 Å². The lowest BCUT2D eigenvalue weighted by Gasteiger charge is -2.26. The third-order valence-electron chi connectivity index (χ3n) is 5.12. The maximum atomic E-state index is 13.7. The van der Waals surface area contributed by atoms with Crippen molar-refractivity contribution in [1.82, 2.24) is 9.55 Å². The first-order valence-corrected chi connectivity index (χ1v) is 11.4. The Kier molecular flexibility index (Phi) is 5.81. The van der Waals surface area contributed by atoms with Crippen LogP contribution in [0, 0.1) is 5.92 Å². The number of fused-ring (bicyclic) bond motifs is 3. The Morgan fingerprint density at radius 3 is 2.83 bits per heavy atom. The Labute approximate surface area is 178 Å². The van der Waals surface area contributed by atoms with Crippen LogP contribution in [0.1, 0.15) is 24.3 Å². The van der Waals surface area contributed by atoms with Gasteiger partial charge in [0, 0.05) is 17.1 Å². The topological polar surface area (TPSA) is 53.4 Å². The van der Waals surface area contributed by atoms with Crippen LogP contribution in [0.4, 0.5) is 0 Å². The Balaban J connectivity index is 1.92. The molecule has 2 aromatic heterocycles. The molecule has 0 aliphatic carbocycles. The van der Waals surface area contributed by atoms with Gasteiger partial charge in [-0.2, -0.15) is 0 Å². The third kappa shape index (κ3) is 3.74. The fourth-order valence-electron chi connectivity index (χ4n) is 3.53. The SMILES string of the molecule is C=CCSc1nc2sc3c(c2c(=O)n1-c1ccc(OC)cc1)CC(C(C)C)OC3. The smallest absolute Gasteiger partial charge is 0.267 e. The molecule has 1 atom stereocenters. The molecule has 1 aliphatic heterocycles. The molecule has 1 aromatic carbocycles. The Bertz CT molecular complexity index is 1100.